The van der Waals surface area contributed by atoms with Gasteiger partial charge in [0.05, 0.1) is 0 Å². The summed E-state index contributed by atoms with van der Waals surface area (Å²) in [5, 5.41) is 9.04. The number of carboxylic acid groups (broad SMARTS) is 1. The van der Waals surface area contributed by atoms with Gasteiger partial charge in [0, 0.05) is 6.54 Å². The number of carbonyl (C=O) groups is 2. The molecule has 19 heavy (non-hydrogen) atoms. The van der Waals surface area contributed by atoms with Gasteiger partial charge in [-0.3, -0.25) is 4.90 Å². The van der Waals surface area contributed by atoms with Crippen LogP contribution in [-0.2, 0) is 4.79 Å². The molecule has 1 unspecified atom stereocenters. The minimum absolute atomic E-state index is 0.431. The van der Waals surface area contributed by atoms with Crippen LogP contribution in [0.5, 0.6) is 5.75 Å². The van der Waals surface area contributed by atoms with Crippen LogP contribution in [0.25, 0.3) is 0 Å². The highest BCUT2D eigenvalue weighted by Crippen LogP contribution is 2.23. The monoisotopic (exact) mass is 263 g/mol. The third-order valence-electron chi connectivity index (χ3n) is 3.30. The second-order valence-electron chi connectivity index (χ2n) is 4.83. The van der Waals surface area contributed by atoms with Crippen molar-refractivity contribution in [1.82, 2.24) is 4.90 Å². The predicted octanol–water partition coefficient (Wildman–Crippen LogP) is 2.35. The molecule has 102 valence electrons. The van der Waals surface area contributed by atoms with Crippen LogP contribution in [0.15, 0.2) is 18.2 Å². The summed E-state index contributed by atoms with van der Waals surface area (Å²) in [4.78, 5) is 24.3. The topological polar surface area (TPSA) is 66.8 Å². The highest BCUT2D eigenvalue weighted by Gasteiger charge is 2.35. The first-order chi connectivity index (χ1) is 8.99. The van der Waals surface area contributed by atoms with Gasteiger partial charge in [0.15, 0.2) is 0 Å². The first kappa shape index (κ1) is 13.4. The van der Waals surface area contributed by atoms with Crippen LogP contribution in [0.1, 0.15) is 24.0 Å². The van der Waals surface area contributed by atoms with Crippen LogP contribution in [0.3, 0.4) is 0 Å². The molecule has 0 spiro atoms. The Balaban J connectivity index is 2.10. The molecular formula is C14H17NO4. The molecule has 2 rings (SSSR count). The molecule has 1 aliphatic rings. The number of benzene rings is 1. The Morgan fingerprint density at radius 3 is 2.74 bits per heavy atom. The fraction of sp³-hybridized carbons (Fsp3) is 0.429. The minimum Gasteiger partial charge on any atom is -0.480 e. The first-order valence-corrected chi connectivity index (χ1v) is 6.27. The molecule has 1 N–H and O–H groups in total. The van der Waals surface area contributed by atoms with Crippen molar-refractivity contribution in [3.63, 3.8) is 0 Å². The molecule has 1 saturated heterocycles. The lowest BCUT2D eigenvalue weighted by molar-refractivity contribution is -0.141. The summed E-state index contributed by atoms with van der Waals surface area (Å²) in [6, 6.07) is 4.74. The maximum Gasteiger partial charge on any atom is 0.415 e. The summed E-state index contributed by atoms with van der Waals surface area (Å²) >= 11 is 0. The largest absolute Gasteiger partial charge is 0.480 e. The van der Waals surface area contributed by atoms with Crippen molar-refractivity contribution in [2.24, 2.45) is 0 Å². The van der Waals surface area contributed by atoms with Crippen LogP contribution < -0.4 is 4.74 Å². The summed E-state index contributed by atoms with van der Waals surface area (Å²) < 4.78 is 5.29. The lowest BCUT2D eigenvalue weighted by Gasteiger charge is -2.21. The smallest absolute Gasteiger partial charge is 0.415 e. The Morgan fingerprint density at radius 2 is 2.11 bits per heavy atom. The highest BCUT2D eigenvalue weighted by atomic mass is 16.6. The first-order valence-electron chi connectivity index (χ1n) is 6.27. The van der Waals surface area contributed by atoms with Crippen molar-refractivity contribution in [2.45, 2.75) is 32.7 Å². The third-order valence-corrected chi connectivity index (χ3v) is 3.30. The number of likely N-dealkylation sites (tertiary alicyclic amines) is 1. The number of carbonyl (C=O) groups excluding carboxylic acids is 1. The van der Waals surface area contributed by atoms with Gasteiger partial charge in [-0.1, -0.05) is 17.7 Å². The van der Waals surface area contributed by atoms with Gasteiger partial charge >= 0.3 is 12.1 Å². The molecule has 1 amide bonds. The van der Waals surface area contributed by atoms with Gasteiger partial charge < -0.3 is 9.84 Å². The van der Waals surface area contributed by atoms with Gasteiger partial charge in [-0.05, 0) is 38.3 Å². The quantitative estimate of drug-likeness (QED) is 0.889. The number of hydrogen-bond acceptors (Lipinski definition) is 3. The lowest BCUT2D eigenvalue weighted by Crippen LogP contribution is -2.42. The molecule has 1 aliphatic heterocycles. The molecular weight excluding hydrogens is 246 g/mol. The van der Waals surface area contributed by atoms with Crippen molar-refractivity contribution in [3.05, 3.63) is 29.3 Å². The molecule has 0 bridgehead atoms. The Kier molecular flexibility index (Phi) is 3.74. The van der Waals surface area contributed by atoms with Crippen molar-refractivity contribution >= 4 is 12.1 Å². The molecule has 1 fully saturated rings. The predicted molar refractivity (Wildman–Crippen MR) is 69.3 cm³/mol. The molecule has 5 nitrogen and oxygen atoms in total. The molecule has 0 aromatic heterocycles. The summed E-state index contributed by atoms with van der Waals surface area (Å²) in [5.41, 5.74) is 1.95. The number of aliphatic carboxylic acids is 1. The lowest BCUT2D eigenvalue weighted by atomic mass is 10.1. The second-order valence-corrected chi connectivity index (χ2v) is 4.83. The normalized spacial score (nSPS) is 18.4. The van der Waals surface area contributed by atoms with E-state index in [2.05, 4.69) is 0 Å². The van der Waals surface area contributed by atoms with Crippen molar-refractivity contribution in [2.75, 3.05) is 6.54 Å². The van der Waals surface area contributed by atoms with E-state index in [9.17, 15) is 9.59 Å². The van der Waals surface area contributed by atoms with Crippen LogP contribution in [0, 0.1) is 13.8 Å². The van der Waals surface area contributed by atoms with E-state index in [1.54, 1.807) is 6.07 Å². The van der Waals surface area contributed by atoms with E-state index in [1.807, 2.05) is 26.0 Å². The zero-order valence-electron chi connectivity index (χ0n) is 11.0. The summed E-state index contributed by atoms with van der Waals surface area (Å²) in [5.74, 6) is -0.498. The highest BCUT2D eigenvalue weighted by molar-refractivity contribution is 5.81. The summed E-state index contributed by atoms with van der Waals surface area (Å²) in [6.45, 7) is 4.24. The molecule has 1 atom stereocenters. The summed E-state index contributed by atoms with van der Waals surface area (Å²) in [6.07, 6.45) is 0.591. The number of carboxylic acids is 1. The maximum atomic E-state index is 12.0. The van der Waals surface area contributed by atoms with Crippen LogP contribution in [-0.4, -0.2) is 34.7 Å². The zero-order chi connectivity index (χ0) is 14.0. The fourth-order valence-electron chi connectivity index (χ4n) is 2.31. The Labute approximate surface area is 111 Å². The van der Waals surface area contributed by atoms with Crippen LogP contribution >= 0.6 is 0 Å². The van der Waals surface area contributed by atoms with Gasteiger partial charge in [0.2, 0.25) is 0 Å². The van der Waals surface area contributed by atoms with Crippen LogP contribution in [0.4, 0.5) is 4.79 Å². The Morgan fingerprint density at radius 1 is 1.37 bits per heavy atom. The molecule has 1 heterocycles. The van der Waals surface area contributed by atoms with Crippen molar-refractivity contribution in [1.29, 1.82) is 0 Å². The van der Waals surface area contributed by atoms with Crippen molar-refractivity contribution in [3.8, 4) is 5.75 Å². The second kappa shape index (κ2) is 5.30. The van der Waals surface area contributed by atoms with Gasteiger partial charge in [-0.25, -0.2) is 9.59 Å². The Hall–Kier alpha value is -2.04. The minimum atomic E-state index is -0.977. The van der Waals surface area contributed by atoms with Gasteiger partial charge in [0.1, 0.15) is 11.8 Å². The number of hydrogen-bond donors (Lipinski definition) is 1. The molecule has 0 radical (unpaired) electrons. The van der Waals surface area contributed by atoms with Crippen molar-refractivity contribution < 1.29 is 19.4 Å². The Bertz CT molecular complexity index is 512. The molecule has 0 saturated carbocycles. The van der Waals surface area contributed by atoms with E-state index in [-0.39, 0.29) is 0 Å². The van der Waals surface area contributed by atoms with Crippen LogP contribution in [0.2, 0.25) is 0 Å². The van der Waals surface area contributed by atoms with E-state index in [0.717, 1.165) is 11.1 Å². The summed E-state index contributed by atoms with van der Waals surface area (Å²) in [7, 11) is 0. The fourth-order valence-corrected chi connectivity index (χ4v) is 2.31. The molecule has 1 aromatic carbocycles. The SMILES string of the molecule is Cc1ccc(OC(=O)N2CCCC2C(=O)O)c(C)c1. The maximum absolute atomic E-state index is 12.0. The van der Waals surface area contributed by atoms with E-state index >= 15 is 0 Å². The van der Waals surface area contributed by atoms with Gasteiger partial charge in [-0.15, -0.1) is 0 Å². The number of aryl methyl sites for hydroxylation is 2. The van der Waals surface area contributed by atoms with Gasteiger partial charge in [0.25, 0.3) is 0 Å². The average molecular weight is 263 g/mol. The number of amides is 1. The number of nitrogens with zero attached hydrogens (tertiary/aromatic N) is 1. The third kappa shape index (κ3) is 2.86. The average Bonchev–Trinajstić information content (AvgIpc) is 2.82. The van der Waals surface area contributed by atoms with E-state index in [4.69, 9.17) is 9.84 Å². The number of rotatable bonds is 2. The molecule has 0 aliphatic carbocycles. The van der Waals surface area contributed by atoms with E-state index < -0.39 is 18.1 Å². The van der Waals surface area contributed by atoms with E-state index in [1.165, 1.54) is 4.90 Å². The standard InChI is InChI=1S/C14H17NO4/c1-9-5-6-12(10(2)8-9)19-14(18)15-7-3-4-11(15)13(16)17/h5-6,8,11H,3-4,7H2,1-2H3,(H,16,17). The van der Waals surface area contributed by atoms with E-state index in [0.29, 0.717) is 25.1 Å². The number of ether oxygens (including phenoxy) is 1. The zero-order valence-corrected chi connectivity index (χ0v) is 11.0. The molecule has 5 heteroatoms. The molecule has 1 aromatic rings. The van der Waals surface area contributed by atoms with Gasteiger partial charge in [-0.2, -0.15) is 0 Å².